The standard InChI is InChI=1S/C47H27F2N5/c48-47(49)38-23-20-30(31-19-22-34-33-15-7-8-16-35(33)46-50-40-17-9-10-18-41(40)54(46)42(34)27-31)25-36(38)37-26-32(21-24-39(37)47)45-52-43(28-11-3-1-4-12-28)51-44(53-45)29-13-5-2-6-14-29/h1-27H. The molecule has 10 aromatic rings. The highest BCUT2D eigenvalue weighted by atomic mass is 19.3. The van der Waals surface area contributed by atoms with Crippen LogP contribution in [0.15, 0.2) is 164 Å². The lowest BCUT2D eigenvalue weighted by Gasteiger charge is -2.13. The minimum Gasteiger partial charge on any atom is -0.292 e. The maximum Gasteiger partial charge on any atom is 0.299 e. The van der Waals surface area contributed by atoms with Gasteiger partial charge in [-0.1, -0.05) is 133 Å². The summed E-state index contributed by atoms with van der Waals surface area (Å²) in [7, 11) is 0. The number of imidazole rings is 1. The number of rotatable bonds is 4. The van der Waals surface area contributed by atoms with Gasteiger partial charge in [0.2, 0.25) is 0 Å². The summed E-state index contributed by atoms with van der Waals surface area (Å²) in [6.45, 7) is 0. The van der Waals surface area contributed by atoms with Gasteiger partial charge in [-0.05, 0) is 58.0 Å². The zero-order chi connectivity index (χ0) is 36.0. The molecule has 254 valence electrons. The van der Waals surface area contributed by atoms with Crippen LogP contribution in [0.3, 0.4) is 0 Å². The topological polar surface area (TPSA) is 56.0 Å². The maximum absolute atomic E-state index is 16.2. The molecule has 0 saturated carbocycles. The fourth-order valence-electron chi connectivity index (χ4n) is 7.97. The molecule has 0 saturated heterocycles. The van der Waals surface area contributed by atoms with Crippen molar-refractivity contribution in [2.75, 3.05) is 0 Å². The van der Waals surface area contributed by atoms with E-state index in [1.165, 1.54) is 6.07 Å². The molecule has 1 aliphatic carbocycles. The Bertz CT molecular complexity index is 3080. The Morgan fingerprint density at radius 1 is 0.389 bits per heavy atom. The zero-order valence-corrected chi connectivity index (χ0v) is 28.6. The van der Waals surface area contributed by atoms with Crippen molar-refractivity contribution in [2.24, 2.45) is 0 Å². The molecular formula is C47H27F2N5. The third-order valence-electron chi connectivity index (χ3n) is 10.6. The first kappa shape index (κ1) is 30.5. The predicted octanol–water partition coefficient (Wildman–Crippen LogP) is 11.8. The molecular weight excluding hydrogens is 673 g/mol. The van der Waals surface area contributed by atoms with Gasteiger partial charge in [-0.25, -0.2) is 19.9 Å². The normalized spacial score (nSPS) is 13.1. The van der Waals surface area contributed by atoms with Gasteiger partial charge in [0.25, 0.3) is 5.92 Å². The van der Waals surface area contributed by atoms with Gasteiger partial charge in [-0.3, -0.25) is 4.40 Å². The van der Waals surface area contributed by atoms with Gasteiger partial charge in [-0.2, -0.15) is 8.78 Å². The van der Waals surface area contributed by atoms with E-state index in [0.717, 1.165) is 60.6 Å². The molecule has 0 radical (unpaired) electrons. The molecule has 54 heavy (non-hydrogen) atoms. The lowest BCUT2D eigenvalue weighted by atomic mass is 9.96. The van der Waals surface area contributed by atoms with Gasteiger partial charge < -0.3 is 0 Å². The van der Waals surface area contributed by atoms with Crippen molar-refractivity contribution < 1.29 is 8.78 Å². The summed E-state index contributed by atoms with van der Waals surface area (Å²) in [5, 5.41) is 3.28. The molecule has 3 aromatic heterocycles. The zero-order valence-electron chi connectivity index (χ0n) is 28.6. The molecule has 0 bridgehead atoms. The number of nitrogens with zero attached hydrogens (tertiary/aromatic N) is 5. The Labute approximate surface area is 307 Å². The van der Waals surface area contributed by atoms with Crippen molar-refractivity contribution in [1.29, 1.82) is 0 Å². The number of hydrogen-bond acceptors (Lipinski definition) is 4. The Morgan fingerprint density at radius 3 is 1.59 bits per heavy atom. The smallest absolute Gasteiger partial charge is 0.292 e. The van der Waals surface area contributed by atoms with Crippen molar-refractivity contribution in [3.05, 3.63) is 175 Å². The first-order valence-corrected chi connectivity index (χ1v) is 17.8. The van der Waals surface area contributed by atoms with E-state index in [4.69, 9.17) is 19.9 Å². The molecule has 0 atom stereocenters. The van der Waals surface area contributed by atoms with Gasteiger partial charge in [0.15, 0.2) is 17.5 Å². The Kier molecular flexibility index (Phi) is 6.46. The summed E-state index contributed by atoms with van der Waals surface area (Å²) in [5.41, 5.74) is 8.79. The summed E-state index contributed by atoms with van der Waals surface area (Å²) in [6, 6.07) is 52.5. The number of halogens is 2. The van der Waals surface area contributed by atoms with Gasteiger partial charge in [-0.15, -0.1) is 0 Å². The van der Waals surface area contributed by atoms with Crippen molar-refractivity contribution in [3.8, 4) is 56.4 Å². The number of fused-ring (bicyclic) bond motifs is 11. The lowest BCUT2D eigenvalue weighted by Crippen LogP contribution is -2.10. The molecule has 0 spiro atoms. The van der Waals surface area contributed by atoms with Crippen LogP contribution in [0.5, 0.6) is 0 Å². The number of alkyl halides is 2. The first-order chi connectivity index (χ1) is 26.5. The average molecular weight is 700 g/mol. The van der Waals surface area contributed by atoms with Crippen LogP contribution in [0.25, 0.3) is 94.8 Å². The molecule has 1 aliphatic rings. The summed E-state index contributed by atoms with van der Waals surface area (Å²) in [4.78, 5) is 19.5. The number of aromatic nitrogens is 5. The summed E-state index contributed by atoms with van der Waals surface area (Å²) >= 11 is 0. The third kappa shape index (κ3) is 4.55. The van der Waals surface area contributed by atoms with Crippen LogP contribution < -0.4 is 0 Å². The molecule has 3 heterocycles. The van der Waals surface area contributed by atoms with Crippen LogP contribution in [-0.2, 0) is 5.92 Å². The molecule has 0 N–H and O–H groups in total. The predicted molar refractivity (Wildman–Crippen MR) is 211 cm³/mol. The monoisotopic (exact) mass is 699 g/mol. The minimum absolute atomic E-state index is 0.0150. The number of pyridine rings is 1. The number of hydrogen-bond donors (Lipinski definition) is 0. The van der Waals surface area contributed by atoms with Crippen molar-refractivity contribution in [2.45, 2.75) is 5.92 Å². The second-order valence-electron chi connectivity index (χ2n) is 13.7. The fraction of sp³-hybridized carbons (Fsp3) is 0.0213. The van der Waals surface area contributed by atoms with Crippen LogP contribution >= 0.6 is 0 Å². The maximum atomic E-state index is 16.2. The molecule has 5 nitrogen and oxygen atoms in total. The number of benzene rings is 7. The number of para-hydroxylation sites is 2. The highest BCUT2D eigenvalue weighted by Gasteiger charge is 2.44. The second kappa shape index (κ2) is 11.4. The Morgan fingerprint density at radius 2 is 0.907 bits per heavy atom. The summed E-state index contributed by atoms with van der Waals surface area (Å²) < 4.78 is 34.5. The SMILES string of the molecule is FC1(F)c2ccc(-c3ccc4c5ccccc5c5nc6ccccc6n5c4c3)cc2-c2cc(-c3nc(-c4ccccc4)nc(-c4ccccc4)n3)ccc21. The Balaban J connectivity index is 1.08. The molecule has 0 unspecified atom stereocenters. The van der Waals surface area contributed by atoms with Gasteiger partial charge in [0, 0.05) is 38.6 Å². The summed E-state index contributed by atoms with van der Waals surface area (Å²) in [6.07, 6.45) is 0. The minimum atomic E-state index is -3.16. The van der Waals surface area contributed by atoms with E-state index >= 15 is 8.78 Å². The second-order valence-corrected chi connectivity index (χ2v) is 13.7. The third-order valence-corrected chi connectivity index (χ3v) is 10.6. The molecule has 7 heteroatoms. The van der Waals surface area contributed by atoms with E-state index in [1.54, 1.807) is 24.3 Å². The largest absolute Gasteiger partial charge is 0.299 e. The van der Waals surface area contributed by atoms with Crippen LogP contribution in [0.1, 0.15) is 11.1 Å². The van der Waals surface area contributed by atoms with Gasteiger partial charge >= 0.3 is 0 Å². The van der Waals surface area contributed by atoms with Crippen molar-refractivity contribution >= 4 is 38.4 Å². The van der Waals surface area contributed by atoms with E-state index in [-0.39, 0.29) is 11.1 Å². The van der Waals surface area contributed by atoms with E-state index in [2.05, 4.69) is 40.8 Å². The molecule has 11 rings (SSSR count). The molecule has 0 fully saturated rings. The van der Waals surface area contributed by atoms with Crippen LogP contribution in [0.4, 0.5) is 8.78 Å². The van der Waals surface area contributed by atoms with E-state index < -0.39 is 5.92 Å². The van der Waals surface area contributed by atoms with Crippen molar-refractivity contribution in [1.82, 2.24) is 24.3 Å². The lowest BCUT2D eigenvalue weighted by molar-refractivity contribution is 0.0480. The van der Waals surface area contributed by atoms with Crippen LogP contribution in [0, 0.1) is 0 Å². The first-order valence-electron chi connectivity index (χ1n) is 17.8. The average Bonchev–Trinajstić information content (AvgIpc) is 3.73. The molecule has 7 aromatic carbocycles. The van der Waals surface area contributed by atoms with E-state index in [1.807, 2.05) is 97.1 Å². The van der Waals surface area contributed by atoms with E-state index in [9.17, 15) is 0 Å². The van der Waals surface area contributed by atoms with Gasteiger partial charge in [0.1, 0.15) is 5.65 Å². The van der Waals surface area contributed by atoms with E-state index in [0.29, 0.717) is 34.2 Å². The highest BCUT2D eigenvalue weighted by Crippen LogP contribution is 2.52. The highest BCUT2D eigenvalue weighted by molar-refractivity contribution is 6.14. The summed E-state index contributed by atoms with van der Waals surface area (Å²) in [5.74, 6) is -1.72. The Hall–Kier alpha value is -7.12. The van der Waals surface area contributed by atoms with Crippen LogP contribution in [0.2, 0.25) is 0 Å². The molecule has 0 aliphatic heterocycles. The quantitative estimate of drug-likeness (QED) is 0.172. The van der Waals surface area contributed by atoms with Gasteiger partial charge in [0.05, 0.1) is 16.6 Å². The molecule has 0 amide bonds. The van der Waals surface area contributed by atoms with Crippen molar-refractivity contribution in [3.63, 3.8) is 0 Å². The fourth-order valence-corrected chi connectivity index (χ4v) is 7.97. The van der Waals surface area contributed by atoms with Crippen LogP contribution in [-0.4, -0.2) is 24.3 Å².